The predicted molar refractivity (Wildman–Crippen MR) is 122 cm³/mol. The summed E-state index contributed by atoms with van der Waals surface area (Å²) in [6.45, 7) is 4.31. The molecule has 1 spiro atoms. The monoisotopic (exact) mass is 568 g/mol. The number of likely N-dealkylation sites (tertiary alicyclic amines) is 1. The molecule has 2 aromatic rings. The van der Waals surface area contributed by atoms with Gasteiger partial charge in [-0.1, -0.05) is 18.2 Å². The van der Waals surface area contributed by atoms with Crippen LogP contribution >= 0.6 is 0 Å². The van der Waals surface area contributed by atoms with E-state index in [1.54, 1.807) is 19.5 Å². The van der Waals surface area contributed by atoms with Gasteiger partial charge in [0.05, 0.1) is 25.5 Å². The number of carboxylic acid groups (broad SMARTS) is 2. The molecule has 216 valence electrons. The SMILES string of the molecule is COc1ccccc1CN1CC2(C1)OCCC2COc1cccnc1.O=C(O)C(F)(F)F.O=C(O)C(F)(F)F. The fourth-order valence-corrected chi connectivity index (χ4v) is 3.90. The van der Waals surface area contributed by atoms with Crippen LogP contribution in [0.5, 0.6) is 11.5 Å². The van der Waals surface area contributed by atoms with Gasteiger partial charge in [-0.15, -0.1) is 0 Å². The van der Waals surface area contributed by atoms with Crippen molar-refractivity contribution in [1.82, 2.24) is 9.88 Å². The topological polar surface area (TPSA) is 118 Å². The number of hydrogen-bond acceptors (Lipinski definition) is 7. The Morgan fingerprint density at radius 2 is 1.64 bits per heavy atom. The molecule has 9 nitrogen and oxygen atoms in total. The first kappa shape index (κ1) is 31.6. The zero-order chi connectivity index (χ0) is 29.3. The van der Waals surface area contributed by atoms with E-state index in [9.17, 15) is 26.3 Å². The van der Waals surface area contributed by atoms with E-state index in [2.05, 4.69) is 22.0 Å². The van der Waals surface area contributed by atoms with Gasteiger partial charge in [-0.25, -0.2) is 9.59 Å². The molecule has 39 heavy (non-hydrogen) atoms. The Bertz CT molecular complexity index is 1050. The van der Waals surface area contributed by atoms with Crippen LogP contribution in [0.3, 0.4) is 0 Å². The number of aliphatic carboxylic acids is 2. The van der Waals surface area contributed by atoms with E-state index >= 15 is 0 Å². The van der Waals surface area contributed by atoms with Crippen LogP contribution in [-0.4, -0.2) is 83.4 Å². The summed E-state index contributed by atoms with van der Waals surface area (Å²) >= 11 is 0. The van der Waals surface area contributed by atoms with Gasteiger partial charge >= 0.3 is 24.3 Å². The molecule has 4 rings (SSSR count). The van der Waals surface area contributed by atoms with Crippen LogP contribution < -0.4 is 9.47 Å². The summed E-state index contributed by atoms with van der Waals surface area (Å²) in [7, 11) is 1.72. The van der Waals surface area contributed by atoms with Gasteiger partial charge in [-0.2, -0.15) is 26.3 Å². The van der Waals surface area contributed by atoms with E-state index in [4.69, 9.17) is 34.0 Å². The Balaban J connectivity index is 0.000000317. The lowest BCUT2D eigenvalue weighted by Crippen LogP contribution is -2.64. The number of alkyl halides is 6. The summed E-state index contributed by atoms with van der Waals surface area (Å²) < 4.78 is 81.0. The normalized spacial score (nSPS) is 18.1. The molecule has 0 aliphatic carbocycles. The Kier molecular flexibility index (Phi) is 10.9. The number of para-hydroxylation sites is 1. The third-order valence-electron chi connectivity index (χ3n) is 5.74. The third-order valence-corrected chi connectivity index (χ3v) is 5.74. The number of methoxy groups -OCH3 is 1. The maximum absolute atomic E-state index is 10.6. The van der Waals surface area contributed by atoms with Gasteiger partial charge in [0, 0.05) is 43.9 Å². The Morgan fingerprint density at radius 1 is 1.05 bits per heavy atom. The summed E-state index contributed by atoms with van der Waals surface area (Å²) in [5.74, 6) is -3.30. The minimum absolute atomic E-state index is 0.0514. The van der Waals surface area contributed by atoms with Crippen LogP contribution in [0.15, 0.2) is 48.8 Å². The van der Waals surface area contributed by atoms with Crippen molar-refractivity contribution in [3.05, 3.63) is 54.4 Å². The second-order valence-electron chi connectivity index (χ2n) is 8.46. The lowest BCUT2D eigenvalue weighted by Gasteiger charge is -2.50. The summed E-state index contributed by atoms with van der Waals surface area (Å²) in [6.07, 6.45) is -5.59. The molecule has 1 atom stereocenters. The number of halogens is 6. The van der Waals surface area contributed by atoms with Gasteiger partial charge in [0.1, 0.15) is 11.5 Å². The van der Waals surface area contributed by atoms with Crippen molar-refractivity contribution in [1.29, 1.82) is 0 Å². The highest BCUT2D eigenvalue weighted by Crippen LogP contribution is 2.41. The van der Waals surface area contributed by atoms with Crippen LogP contribution in [0.4, 0.5) is 26.3 Å². The van der Waals surface area contributed by atoms with E-state index in [0.717, 1.165) is 44.2 Å². The number of hydrogen-bond donors (Lipinski definition) is 2. The van der Waals surface area contributed by atoms with Crippen molar-refractivity contribution >= 4 is 11.9 Å². The zero-order valence-electron chi connectivity index (χ0n) is 20.5. The van der Waals surface area contributed by atoms with Crippen LogP contribution in [0, 0.1) is 5.92 Å². The average molecular weight is 568 g/mol. The van der Waals surface area contributed by atoms with Gasteiger partial charge < -0.3 is 24.4 Å². The van der Waals surface area contributed by atoms with Gasteiger partial charge in [0.2, 0.25) is 0 Å². The largest absolute Gasteiger partial charge is 0.496 e. The molecule has 1 unspecified atom stereocenters. The molecule has 3 heterocycles. The molecule has 1 aromatic heterocycles. The second kappa shape index (κ2) is 13.5. The molecule has 15 heteroatoms. The summed E-state index contributed by atoms with van der Waals surface area (Å²) in [6, 6.07) is 12.1. The fourth-order valence-electron chi connectivity index (χ4n) is 3.90. The number of nitrogens with zero attached hydrogens (tertiary/aromatic N) is 2. The smallest absolute Gasteiger partial charge is 0.490 e. The van der Waals surface area contributed by atoms with E-state index in [-0.39, 0.29) is 5.60 Å². The number of carboxylic acids is 2. The van der Waals surface area contributed by atoms with Crippen molar-refractivity contribution in [2.75, 3.05) is 33.4 Å². The molecule has 2 fully saturated rings. The number of ether oxygens (including phenoxy) is 3. The molecule has 2 N–H and O–H groups in total. The van der Waals surface area contributed by atoms with E-state index in [0.29, 0.717) is 12.5 Å². The lowest BCUT2D eigenvalue weighted by atomic mass is 9.81. The molecular weight excluding hydrogens is 542 g/mol. The van der Waals surface area contributed by atoms with Gasteiger partial charge in [-0.3, -0.25) is 9.88 Å². The minimum atomic E-state index is -5.08. The number of carbonyl (C=O) groups is 2. The zero-order valence-corrected chi connectivity index (χ0v) is 20.5. The summed E-state index contributed by atoms with van der Waals surface area (Å²) in [4.78, 5) is 24.3. The van der Waals surface area contributed by atoms with Crippen LogP contribution in [0.1, 0.15) is 12.0 Å². The Hall–Kier alpha value is -3.59. The van der Waals surface area contributed by atoms with Crippen molar-refractivity contribution in [3.8, 4) is 11.5 Å². The highest BCUT2D eigenvalue weighted by atomic mass is 19.4. The standard InChI is InChI=1S/C20H24N2O3.2C2HF3O2/c1-23-19-7-3-2-5-16(19)12-22-14-20(15-22)17(8-10-25-20)13-24-18-6-4-9-21-11-18;2*3-2(4,5)1(6)7/h2-7,9,11,17H,8,10,12-15H2,1H3;2*(H,6,7). The maximum Gasteiger partial charge on any atom is 0.490 e. The highest BCUT2D eigenvalue weighted by Gasteiger charge is 2.53. The van der Waals surface area contributed by atoms with Crippen molar-refractivity contribution in [3.63, 3.8) is 0 Å². The van der Waals surface area contributed by atoms with Crippen LogP contribution in [0.2, 0.25) is 0 Å². The lowest BCUT2D eigenvalue weighted by molar-refractivity contribution is -0.193. The quantitative estimate of drug-likeness (QED) is 0.498. The van der Waals surface area contributed by atoms with Gasteiger partial charge in [0.25, 0.3) is 0 Å². The molecule has 1 aromatic carbocycles. The Morgan fingerprint density at radius 3 is 2.15 bits per heavy atom. The van der Waals surface area contributed by atoms with Crippen LogP contribution in [0.25, 0.3) is 0 Å². The molecular formula is C24H26F6N2O7. The Labute approximate surface area is 218 Å². The predicted octanol–water partition coefficient (Wildman–Crippen LogP) is 4.03. The number of aromatic nitrogens is 1. The fraction of sp³-hybridized carbons (Fsp3) is 0.458. The first-order chi connectivity index (χ1) is 18.2. The van der Waals surface area contributed by atoms with E-state index in [1.165, 1.54) is 5.56 Å². The second-order valence-corrected chi connectivity index (χ2v) is 8.46. The molecule has 2 aliphatic rings. The maximum atomic E-state index is 10.6. The van der Waals surface area contributed by atoms with Crippen molar-refractivity contribution < 1.29 is 60.4 Å². The molecule has 2 saturated heterocycles. The molecule has 0 bridgehead atoms. The average Bonchev–Trinajstić information content (AvgIpc) is 3.27. The van der Waals surface area contributed by atoms with E-state index < -0.39 is 24.3 Å². The molecule has 0 radical (unpaired) electrons. The first-order valence-corrected chi connectivity index (χ1v) is 11.3. The van der Waals surface area contributed by atoms with Crippen molar-refractivity contribution in [2.24, 2.45) is 5.92 Å². The molecule has 0 saturated carbocycles. The minimum Gasteiger partial charge on any atom is -0.496 e. The number of rotatable bonds is 6. The van der Waals surface area contributed by atoms with Gasteiger partial charge in [0.15, 0.2) is 0 Å². The highest BCUT2D eigenvalue weighted by molar-refractivity contribution is 5.73. The van der Waals surface area contributed by atoms with Crippen molar-refractivity contribution in [2.45, 2.75) is 30.9 Å². The first-order valence-electron chi connectivity index (χ1n) is 11.3. The summed E-state index contributed by atoms with van der Waals surface area (Å²) in [5, 5.41) is 14.2. The number of benzene rings is 1. The number of pyridine rings is 1. The van der Waals surface area contributed by atoms with Gasteiger partial charge in [-0.05, 0) is 24.6 Å². The van der Waals surface area contributed by atoms with Crippen LogP contribution in [-0.2, 0) is 20.9 Å². The third kappa shape index (κ3) is 9.58. The summed E-state index contributed by atoms with van der Waals surface area (Å²) in [5.41, 5.74) is 1.17. The molecule has 2 aliphatic heterocycles. The van der Waals surface area contributed by atoms with E-state index in [1.807, 2.05) is 24.3 Å². The molecule has 0 amide bonds.